The molecule has 0 saturated heterocycles. The summed E-state index contributed by atoms with van der Waals surface area (Å²) in [7, 11) is 3.62. The normalized spacial score (nSPS) is 11.4. The minimum atomic E-state index is -0.0701. The predicted molar refractivity (Wildman–Crippen MR) is 78.8 cm³/mol. The summed E-state index contributed by atoms with van der Waals surface area (Å²) >= 11 is 0. The molecule has 0 aliphatic carbocycles. The van der Waals surface area contributed by atoms with Gasteiger partial charge in [-0.15, -0.1) is 0 Å². The van der Waals surface area contributed by atoms with Crippen molar-refractivity contribution in [2.45, 2.75) is 26.3 Å². The van der Waals surface area contributed by atoms with Crippen LogP contribution in [0.4, 0.5) is 11.6 Å². The number of hydrogen-bond acceptors (Lipinski definition) is 6. The van der Waals surface area contributed by atoms with Crippen LogP contribution in [0.5, 0.6) is 0 Å². The summed E-state index contributed by atoms with van der Waals surface area (Å²) in [6.07, 6.45) is 0. The zero-order chi connectivity index (χ0) is 14.3. The van der Waals surface area contributed by atoms with Gasteiger partial charge in [0.25, 0.3) is 0 Å². The molecule has 1 aromatic heterocycles. The Kier molecular flexibility index (Phi) is 5.98. The molecule has 0 aromatic carbocycles. The Balaban J connectivity index is 2.73. The lowest BCUT2D eigenvalue weighted by Crippen LogP contribution is -2.41. The zero-order valence-electron chi connectivity index (χ0n) is 12.5. The molecule has 0 amide bonds. The second kappa shape index (κ2) is 7.25. The van der Waals surface area contributed by atoms with Crippen molar-refractivity contribution >= 4 is 11.6 Å². The maximum atomic E-state index is 5.01. The van der Waals surface area contributed by atoms with Crippen LogP contribution in [0.2, 0.25) is 0 Å². The molecular formula is C13H25N5O. The highest BCUT2D eigenvalue weighted by molar-refractivity contribution is 5.48. The van der Waals surface area contributed by atoms with Gasteiger partial charge in [0.2, 0.25) is 0 Å². The Hall–Kier alpha value is -1.40. The van der Waals surface area contributed by atoms with Crippen LogP contribution in [0.1, 0.15) is 19.7 Å². The van der Waals surface area contributed by atoms with Gasteiger partial charge in [-0.2, -0.15) is 0 Å². The van der Waals surface area contributed by atoms with E-state index in [9.17, 15) is 0 Å². The molecule has 0 atom stereocenters. The second-order valence-electron chi connectivity index (χ2n) is 5.14. The van der Waals surface area contributed by atoms with E-state index >= 15 is 0 Å². The summed E-state index contributed by atoms with van der Waals surface area (Å²) in [5.41, 5.74) is -0.0701. The fourth-order valence-electron chi connectivity index (χ4n) is 1.84. The summed E-state index contributed by atoms with van der Waals surface area (Å²) in [5, 5.41) is 9.78. The molecule has 1 rings (SSSR count). The first kappa shape index (κ1) is 15.7. The largest absolute Gasteiger partial charge is 0.383 e. The van der Waals surface area contributed by atoms with Crippen LogP contribution < -0.4 is 16.0 Å². The molecule has 0 saturated carbocycles. The van der Waals surface area contributed by atoms with Crippen LogP contribution in [0.25, 0.3) is 0 Å². The van der Waals surface area contributed by atoms with Crippen LogP contribution in [-0.4, -0.2) is 49.4 Å². The topological polar surface area (TPSA) is 71.1 Å². The number of nitrogens with zero attached hydrogens (tertiary/aromatic N) is 2. The maximum Gasteiger partial charge on any atom is 0.132 e. The highest BCUT2D eigenvalue weighted by atomic mass is 16.5. The third-order valence-electron chi connectivity index (χ3n) is 2.54. The van der Waals surface area contributed by atoms with E-state index in [2.05, 4.69) is 39.8 Å². The summed E-state index contributed by atoms with van der Waals surface area (Å²) in [6.45, 7) is 8.36. The molecule has 1 aromatic rings. The van der Waals surface area contributed by atoms with Crippen molar-refractivity contribution in [1.29, 1.82) is 0 Å². The Morgan fingerprint density at radius 2 is 1.95 bits per heavy atom. The Bertz CT molecular complexity index is 395. The van der Waals surface area contributed by atoms with E-state index in [-0.39, 0.29) is 5.54 Å². The zero-order valence-corrected chi connectivity index (χ0v) is 12.5. The Morgan fingerprint density at radius 3 is 2.58 bits per heavy atom. The maximum absolute atomic E-state index is 5.01. The van der Waals surface area contributed by atoms with E-state index in [1.54, 1.807) is 7.11 Å². The molecule has 0 aliphatic heterocycles. The number of likely N-dealkylation sites (N-methyl/N-ethyl adjacent to an activating group) is 1. The number of hydrogen-bond donors (Lipinski definition) is 3. The van der Waals surface area contributed by atoms with E-state index in [1.165, 1.54) is 0 Å². The number of nitrogens with one attached hydrogen (secondary N) is 3. The second-order valence-corrected chi connectivity index (χ2v) is 5.14. The molecule has 0 bridgehead atoms. The van der Waals surface area contributed by atoms with E-state index < -0.39 is 0 Å². The highest BCUT2D eigenvalue weighted by Gasteiger charge is 2.17. The highest BCUT2D eigenvalue weighted by Crippen LogP contribution is 2.15. The van der Waals surface area contributed by atoms with Gasteiger partial charge in [0.05, 0.1) is 6.61 Å². The van der Waals surface area contributed by atoms with Crippen molar-refractivity contribution in [1.82, 2.24) is 15.3 Å². The van der Waals surface area contributed by atoms with Crippen molar-refractivity contribution in [3.8, 4) is 0 Å². The first-order valence-electron chi connectivity index (χ1n) is 6.48. The number of ether oxygens (including phenoxy) is 1. The molecule has 19 heavy (non-hydrogen) atoms. The molecule has 3 N–H and O–H groups in total. The standard InChI is InChI=1S/C13H25N5O/c1-10-16-11(15-6-7-19-5)8-12(17-10)18-13(2,3)9-14-4/h8,14H,6-7,9H2,1-5H3,(H2,15,16,17,18). The average Bonchev–Trinajstić information content (AvgIpc) is 2.27. The minimum absolute atomic E-state index is 0.0701. The quantitative estimate of drug-likeness (QED) is 0.616. The first-order valence-corrected chi connectivity index (χ1v) is 6.48. The van der Waals surface area contributed by atoms with Crippen LogP contribution in [0, 0.1) is 6.92 Å². The van der Waals surface area contributed by atoms with Crippen LogP contribution in [-0.2, 0) is 4.74 Å². The van der Waals surface area contributed by atoms with Gasteiger partial charge in [-0.3, -0.25) is 0 Å². The van der Waals surface area contributed by atoms with Gasteiger partial charge >= 0.3 is 0 Å². The van der Waals surface area contributed by atoms with Crippen molar-refractivity contribution in [2.75, 3.05) is 44.5 Å². The number of methoxy groups -OCH3 is 1. The number of anilines is 2. The van der Waals surface area contributed by atoms with E-state index in [1.807, 2.05) is 20.0 Å². The molecule has 0 spiro atoms. The molecule has 6 nitrogen and oxygen atoms in total. The molecule has 0 aliphatic rings. The van der Waals surface area contributed by atoms with Gasteiger partial charge in [0.1, 0.15) is 17.5 Å². The van der Waals surface area contributed by atoms with Gasteiger partial charge in [0, 0.05) is 31.8 Å². The van der Waals surface area contributed by atoms with Crippen molar-refractivity contribution in [2.24, 2.45) is 0 Å². The summed E-state index contributed by atoms with van der Waals surface area (Å²) in [4.78, 5) is 8.76. The fraction of sp³-hybridized carbons (Fsp3) is 0.692. The molecule has 6 heteroatoms. The monoisotopic (exact) mass is 267 g/mol. The summed E-state index contributed by atoms with van der Waals surface area (Å²) < 4.78 is 5.01. The summed E-state index contributed by atoms with van der Waals surface area (Å²) in [5.74, 6) is 2.38. The lowest BCUT2D eigenvalue weighted by Gasteiger charge is -2.26. The molecule has 0 unspecified atom stereocenters. The van der Waals surface area contributed by atoms with Crippen LogP contribution in [0.15, 0.2) is 6.07 Å². The van der Waals surface area contributed by atoms with E-state index in [0.29, 0.717) is 6.61 Å². The van der Waals surface area contributed by atoms with Gasteiger partial charge in [-0.1, -0.05) is 0 Å². The summed E-state index contributed by atoms with van der Waals surface area (Å²) in [6, 6.07) is 1.92. The number of aryl methyl sites for hydroxylation is 1. The molecule has 0 fully saturated rings. The van der Waals surface area contributed by atoms with Gasteiger partial charge < -0.3 is 20.7 Å². The molecule has 0 radical (unpaired) electrons. The van der Waals surface area contributed by atoms with Gasteiger partial charge in [-0.25, -0.2) is 9.97 Å². The van der Waals surface area contributed by atoms with Crippen molar-refractivity contribution in [3.63, 3.8) is 0 Å². The lowest BCUT2D eigenvalue weighted by molar-refractivity contribution is 0.210. The van der Waals surface area contributed by atoms with Crippen molar-refractivity contribution in [3.05, 3.63) is 11.9 Å². The SMILES string of the molecule is CNCC(C)(C)Nc1cc(NCCOC)nc(C)n1. The van der Waals surface area contributed by atoms with Crippen LogP contribution in [0.3, 0.4) is 0 Å². The fourth-order valence-corrected chi connectivity index (χ4v) is 1.84. The molecular weight excluding hydrogens is 242 g/mol. The third-order valence-corrected chi connectivity index (χ3v) is 2.54. The predicted octanol–water partition coefficient (Wildman–Crippen LogP) is 1.25. The Labute approximate surface area is 115 Å². The minimum Gasteiger partial charge on any atom is -0.383 e. The van der Waals surface area contributed by atoms with Gasteiger partial charge in [0.15, 0.2) is 0 Å². The molecule has 1 heterocycles. The van der Waals surface area contributed by atoms with E-state index in [0.717, 1.165) is 30.5 Å². The Morgan fingerprint density at radius 1 is 1.26 bits per heavy atom. The van der Waals surface area contributed by atoms with Gasteiger partial charge in [-0.05, 0) is 27.8 Å². The molecule has 108 valence electrons. The third kappa shape index (κ3) is 5.85. The first-order chi connectivity index (χ1) is 8.96. The average molecular weight is 267 g/mol. The number of rotatable bonds is 8. The number of aromatic nitrogens is 2. The van der Waals surface area contributed by atoms with E-state index in [4.69, 9.17) is 4.74 Å². The van der Waals surface area contributed by atoms with Crippen molar-refractivity contribution < 1.29 is 4.74 Å². The van der Waals surface area contributed by atoms with Crippen LogP contribution >= 0.6 is 0 Å². The smallest absolute Gasteiger partial charge is 0.132 e. The lowest BCUT2D eigenvalue weighted by atomic mass is 10.1.